The second kappa shape index (κ2) is 7.96. The van der Waals surface area contributed by atoms with Gasteiger partial charge in [-0.05, 0) is 25.7 Å². The molecule has 1 aliphatic rings. The second-order valence-electron chi connectivity index (χ2n) is 5.79. The molecule has 0 saturated carbocycles. The quantitative estimate of drug-likeness (QED) is 0.788. The molecule has 2 aromatic heterocycles. The van der Waals surface area contributed by atoms with E-state index < -0.39 is 0 Å². The average molecular weight is 331 g/mol. The van der Waals surface area contributed by atoms with E-state index in [4.69, 9.17) is 9.26 Å². The van der Waals surface area contributed by atoms with Crippen molar-refractivity contribution in [2.75, 3.05) is 26.3 Å². The average Bonchev–Trinajstić information content (AvgIpc) is 3.09. The third kappa shape index (κ3) is 4.14. The molecule has 8 nitrogen and oxygen atoms in total. The largest absolute Gasteiger partial charge is 0.372 e. The van der Waals surface area contributed by atoms with Crippen LogP contribution in [0.15, 0.2) is 23.1 Å². The molecule has 0 radical (unpaired) electrons. The summed E-state index contributed by atoms with van der Waals surface area (Å²) in [7, 11) is 0. The molecule has 0 N–H and O–H groups in total. The maximum Gasteiger partial charge on any atom is 0.248 e. The highest BCUT2D eigenvalue weighted by Gasteiger charge is 2.25. The van der Waals surface area contributed by atoms with E-state index >= 15 is 0 Å². The molecule has 8 heteroatoms. The molecule has 24 heavy (non-hydrogen) atoms. The number of rotatable bonds is 6. The Morgan fingerprint density at radius 2 is 2.38 bits per heavy atom. The van der Waals surface area contributed by atoms with Crippen molar-refractivity contribution < 1.29 is 14.1 Å². The van der Waals surface area contributed by atoms with E-state index in [9.17, 15) is 4.79 Å². The van der Waals surface area contributed by atoms with Gasteiger partial charge in [0.1, 0.15) is 12.3 Å². The first-order valence-electron chi connectivity index (χ1n) is 8.20. The number of piperidine rings is 1. The summed E-state index contributed by atoms with van der Waals surface area (Å²) in [4.78, 5) is 26.5. The molecule has 1 amide bonds. The first kappa shape index (κ1) is 16.5. The Kier molecular flexibility index (Phi) is 5.47. The number of nitrogens with zero attached hydrogens (tertiary/aromatic N) is 5. The molecule has 0 unspecified atom stereocenters. The molecule has 0 spiro atoms. The van der Waals surface area contributed by atoms with E-state index in [2.05, 4.69) is 20.1 Å². The zero-order valence-electron chi connectivity index (χ0n) is 13.7. The lowest BCUT2D eigenvalue weighted by Crippen LogP contribution is -2.42. The van der Waals surface area contributed by atoms with Crippen molar-refractivity contribution in [3.63, 3.8) is 0 Å². The summed E-state index contributed by atoms with van der Waals surface area (Å²) in [6, 6.07) is 0. The smallest absolute Gasteiger partial charge is 0.248 e. The van der Waals surface area contributed by atoms with Crippen molar-refractivity contribution in [2.24, 2.45) is 5.92 Å². The number of carbonyl (C=O) groups excluding carboxylic acids is 1. The van der Waals surface area contributed by atoms with Crippen LogP contribution in [0.4, 0.5) is 0 Å². The van der Waals surface area contributed by atoms with Gasteiger partial charge in [-0.2, -0.15) is 4.98 Å². The van der Waals surface area contributed by atoms with Gasteiger partial charge in [0.15, 0.2) is 0 Å². The molecule has 3 rings (SSSR count). The van der Waals surface area contributed by atoms with Gasteiger partial charge >= 0.3 is 0 Å². The van der Waals surface area contributed by atoms with Crippen molar-refractivity contribution >= 4 is 5.91 Å². The first-order valence-corrected chi connectivity index (χ1v) is 8.20. The number of aromatic nitrogens is 4. The maximum absolute atomic E-state index is 12.1. The molecule has 0 bridgehead atoms. The minimum Gasteiger partial charge on any atom is -0.372 e. The van der Waals surface area contributed by atoms with Crippen LogP contribution in [-0.4, -0.2) is 57.2 Å². The van der Waals surface area contributed by atoms with E-state index in [0.717, 1.165) is 19.4 Å². The van der Waals surface area contributed by atoms with Gasteiger partial charge in [-0.15, -0.1) is 0 Å². The fraction of sp³-hybridized carbons (Fsp3) is 0.562. The lowest BCUT2D eigenvalue weighted by Gasteiger charge is -2.32. The van der Waals surface area contributed by atoms with Gasteiger partial charge in [0, 0.05) is 38.5 Å². The highest BCUT2D eigenvalue weighted by Crippen LogP contribution is 2.21. The Hall–Kier alpha value is -2.35. The topological polar surface area (TPSA) is 94.2 Å². The van der Waals surface area contributed by atoms with E-state index in [1.807, 2.05) is 11.8 Å². The fourth-order valence-corrected chi connectivity index (χ4v) is 2.84. The third-order valence-corrected chi connectivity index (χ3v) is 4.03. The first-order chi connectivity index (χ1) is 11.8. The summed E-state index contributed by atoms with van der Waals surface area (Å²) in [6.07, 6.45) is 7.47. The van der Waals surface area contributed by atoms with Gasteiger partial charge in [0.05, 0.1) is 6.20 Å². The lowest BCUT2D eigenvalue weighted by molar-refractivity contribution is -0.137. The van der Waals surface area contributed by atoms with Gasteiger partial charge in [-0.1, -0.05) is 5.16 Å². The van der Waals surface area contributed by atoms with Crippen LogP contribution >= 0.6 is 0 Å². The summed E-state index contributed by atoms with van der Waals surface area (Å²) in [6.45, 7) is 4.08. The van der Waals surface area contributed by atoms with Gasteiger partial charge < -0.3 is 14.2 Å². The number of carbonyl (C=O) groups is 1. The minimum atomic E-state index is 0.0485. The fourth-order valence-electron chi connectivity index (χ4n) is 2.84. The molecule has 3 heterocycles. The summed E-state index contributed by atoms with van der Waals surface area (Å²) in [5, 5.41) is 3.96. The predicted molar refractivity (Wildman–Crippen MR) is 84.8 cm³/mol. The lowest BCUT2D eigenvalue weighted by atomic mass is 9.95. The predicted octanol–water partition coefficient (Wildman–Crippen LogP) is 1.34. The number of amides is 1. The molecule has 1 atom stereocenters. The number of ether oxygens (including phenoxy) is 1. The molecule has 1 aliphatic heterocycles. The van der Waals surface area contributed by atoms with Gasteiger partial charge in [-0.3, -0.25) is 9.78 Å². The molecular formula is C16H21N5O3. The Labute approximate surface area is 140 Å². The van der Waals surface area contributed by atoms with Crippen molar-refractivity contribution in [1.82, 2.24) is 25.0 Å². The molecular weight excluding hydrogens is 310 g/mol. The zero-order valence-corrected chi connectivity index (χ0v) is 13.7. The normalized spacial score (nSPS) is 17.9. The van der Waals surface area contributed by atoms with E-state index in [0.29, 0.717) is 42.9 Å². The van der Waals surface area contributed by atoms with Crippen molar-refractivity contribution in [3.8, 4) is 11.5 Å². The van der Waals surface area contributed by atoms with Gasteiger partial charge in [-0.25, -0.2) is 4.98 Å². The second-order valence-corrected chi connectivity index (χ2v) is 5.79. The molecule has 2 aromatic rings. The maximum atomic E-state index is 12.1. The molecule has 128 valence electrons. The summed E-state index contributed by atoms with van der Waals surface area (Å²) in [5.74, 6) is 1.38. The number of hydrogen-bond donors (Lipinski definition) is 0. The van der Waals surface area contributed by atoms with Crippen molar-refractivity contribution in [2.45, 2.75) is 26.2 Å². The van der Waals surface area contributed by atoms with Crippen LogP contribution in [0.2, 0.25) is 0 Å². The highest BCUT2D eigenvalue weighted by molar-refractivity contribution is 5.77. The molecule has 1 saturated heterocycles. The Balaban J connectivity index is 1.58. The zero-order chi connectivity index (χ0) is 16.8. The molecule has 1 fully saturated rings. The van der Waals surface area contributed by atoms with Gasteiger partial charge in [0.2, 0.25) is 17.6 Å². The third-order valence-electron chi connectivity index (χ3n) is 4.03. The SMILES string of the molecule is CCOCC(=O)N1CCC[C@H](Cc2nc(-c3cnccn3)no2)C1. The van der Waals surface area contributed by atoms with Crippen LogP contribution in [0.25, 0.3) is 11.5 Å². The van der Waals surface area contributed by atoms with Crippen molar-refractivity contribution in [1.29, 1.82) is 0 Å². The van der Waals surface area contributed by atoms with E-state index in [-0.39, 0.29) is 12.5 Å². The summed E-state index contributed by atoms with van der Waals surface area (Å²) < 4.78 is 10.5. The standard InChI is InChI=1S/C16H21N5O3/c1-2-23-11-15(22)21-7-3-4-12(10-21)8-14-19-16(20-24-14)13-9-17-5-6-18-13/h5-6,9,12H,2-4,7-8,10-11H2,1H3/t12-/m1/s1. The molecule has 0 aliphatic carbocycles. The van der Waals surface area contributed by atoms with Crippen LogP contribution in [0.5, 0.6) is 0 Å². The molecule has 0 aromatic carbocycles. The summed E-state index contributed by atoms with van der Waals surface area (Å²) in [5.41, 5.74) is 0.588. The highest BCUT2D eigenvalue weighted by atomic mass is 16.5. The van der Waals surface area contributed by atoms with Gasteiger partial charge in [0.25, 0.3) is 0 Å². The Morgan fingerprint density at radius 1 is 1.46 bits per heavy atom. The Morgan fingerprint density at radius 3 is 3.17 bits per heavy atom. The summed E-state index contributed by atoms with van der Waals surface area (Å²) >= 11 is 0. The van der Waals surface area contributed by atoms with E-state index in [1.54, 1.807) is 18.6 Å². The van der Waals surface area contributed by atoms with E-state index in [1.165, 1.54) is 0 Å². The number of likely N-dealkylation sites (tertiary alicyclic amines) is 1. The van der Waals surface area contributed by atoms with Crippen LogP contribution in [0.3, 0.4) is 0 Å². The van der Waals surface area contributed by atoms with Crippen LogP contribution in [-0.2, 0) is 16.0 Å². The van der Waals surface area contributed by atoms with Crippen LogP contribution in [0, 0.1) is 5.92 Å². The van der Waals surface area contributed by atoms with Crippen LogP contribution in [0.1, 0.15) is 25.7 Å². The number of hydrogen-bond acceptors (Lipinski definition) is 7. The van der Waals surface area contributed by atoms with Crippen molar-refractivity contribution in [3.05, 3.63) is 24.5 Å². The minimum absolute atomic E-state index is 0.0485. The monoisotopic (exact) mass is 331 g/mol. The van der Waals surface area contributed by atoms with Crippen LogP contribution < -0.4 is 0 Å². The Bertz CT molecular complexity index is 661.